The first-order chi connectivity index (χ1) is 9.24. The van der Waals surface area contributed by atoms with Crippen molar-refractivity contribution in [3.05, 3.63) is 36.7 Å². The van der Waals surface area contributed by atoms with Crippen molar-refractivity contribution in [2.45, 2.75) is 7.43 Å². The number of aliphatic imine (C=N–C) groups is 2. The summed E-state index contributed by atoms with van der Waals surface area (Å²) in [6, 6.07) is 3.69. The molecule has 4 N–H and O–H groups in total. The van der Waals surface area contributed by atoms with Gasteiger partial charge in [0.15, 0.2) is 5.84 Å². The third kappa shape index (κ3) is 5.29. The summed E-state index contributed by atoms with van der Waals surface area (Å²) >= 11 is 0. The molecule has 0 saturated carbocycles. The molecule has 0 radical (unpaired) electrons. The van der Waals surface area contributed by atoms with Crippen molar-refractivity contribution >= 4 is 17.2 Å². The maximum atomic E-state index is 9.06. The van der Waals surface area contributed by atoms with Gasteiger partial charge in [0.05, 0.1) is 24.2 Å². The van der Waals surface area contributed by atoms with E-state index in [0.29, 0.717) is 30.3 Å². The number of hydrogen-bond donors (Lipinski definition) is 3. The van der Waals surface area contributed by atoms with E-state index in [-0.39, 0.29) is 14.0 Å². The van der Waals surface area contributed by atoms with Crippen LogP contribution in [0, 0.1) is 0 Å². The van der Waals surface area contributed by atoms with E-state index in [1.54, 1.807) is 13.2 Å². The van der Waals surface area contributed by atoms with E-state index in [2.05, 4.69) is 26.9 Å². The van der Waals surface area contributed by atoms with Crippen molar-refractivity contribution in [1.29, 1.82) is 0 Å². The third-order valence-electron chi connectivity index (χ3n) is 2.32. The van der Waals surface area contributed by atoms with Crippen molar-refractivity contribution in [1.82, 2.24) is 4.98 Å². The van der Waals surface area contributed by atoms with Crippen LogP contribution >= 0.6 is 0 Å². The maximum Gasteiger partial charge on any atom is 0.173 e. The first-order valence-electron chi connectivity index (χ1n) is 5.93. The number of rotatable bonds is 6. The lowest BCUT2D eigenvalue weighted by Crippen LogP contribution is -2.13. The van der Waals surface area contributed by atoms with Crippen LogP contribution in [0.4, 0.5) is 5.69 Å². The van der Waals surface area contributed by atoms with Gasteiger partial charge in [-0.3, -0.25) is 9.98 Å². The molecule has 1 heterocycles. The highest BCUT2D eigenvalue weighted by molar-refractivity contribution is 6.09. The van der Waals surface area contributed by atoms with E-state index >= 15 is 0 Å². The van der Waals surface area contributed by atoms with Gasteiger partial charge in [-0.1, -0.05) is 14.0 Å². The van der Waals surface area contributed by atoms with Crippen molar-refractivity contribution in [3.63, 3.8) is 0 Å². The summed E-state index contributed by atoms with van der Waals surface area (Å²) in [5, 5.41) is 12.2. The zero-order valence-corrected chi connectivity index (χ0v) is 11.0. The van der Waals surface area contributed by atoms with Crippen LogP contribution < -0.4 is 11.1 Å². The van der Waals surface area contributed by atoms with Crippen LogP contribution in [-0.2, 0) is 0 Å². The number of aromatic nitrogens is 1. The second kappa shape index (κ2) is 9.82. The molecule has 0 bridgehead atoms. The van der Waals surface area contributed by atoms with Gasteiger partial charge in [-0.2, -0.15) is 0 Å². The Morgan fingerprint density at radius 2 is 2.30 bits per heavy atom. The summed E-state index contributed by atoms with van der Waals surface area (Å²) in [6.45, 7) is 4.65. The van der Waals surface area contributed by atoms with Gasteiger partial charge < -0.3 is 16.2 Å². The summed E-state index contributed by atoms with van der Waals surface area (Å²) in [5.74, 6) is 0.453. The Balaban J connectivity index is 0.00000361. The molecule has 0 atom stereocenters. The minimum atomic E-state index is -0.182. The molecule has 1 aromatic heterocycles. The van der Waals surface area contributed by atoms with E-state index in [9.17, 15) is 0 Å². The van der Waals surface area contributed by atoms with Gasteiger partial charge in [-0.25, -0.2) is 4.99 Å². The number of hydrogen-bond acceptors (Lipinski definition) is 5. The molecular formula is C14H23N5O. The molecule has 0 aromatic carbocycles. The molecule has 0 aliphatic carbocycles. The molecular weight excluding hydrogens is 254 g/mol. The Morgan fingerprint density at radius 1 is 1.55 bits per heavy atom. The standard InChI is InChI=1S/C13H19N5O.CH4/c1-3-10(9-19)18-13(15-2)12-5-4-11(8-17-12)16-7-6-14;/h3-5,8,16,19H,1,6-7,9,14H2,2H3;1H4. The number of anilines is 1. The number of nitrogens with two attached hydrogens (primary N) is 1. The summed E-state index contributed by atoms with van der Waals surface area (Å²) < 4.78 is 0. The van der Waals surface area contributed by atoms with Gasteiger partial charge in [-0.05, 0) is 18.2 Å². The fourth-order valence-corrected chi connectivity index (χ4v) is 1.35. The monoisotopic (exact) mass is 277 g/mol. The number of aliphatic hydroxyl groups is 1. The van der Waals surface area contributed by atoms with Gasteiger partial charge >= 0.3 is 0 Å². The highest BCUT2D eigenvalue weighted by Gasteiger charge is 2.04. The molecule has 1 rings (SSSR count). The minimum Gasteiger partial charge on any atom is -0.390 e. The third-order valence-corrected chi connectivity index (χ3v) is 2.32. The number of amidine groups is 1. The Hall–Kier alpha value is -2.05. The topological polar surface area (TPSA) is 95.9 Å². The molecule has 0 saturated heterocycles. The molecule has 0 aliphatic heterocycles. The van der Waals surface area contributed by atoms with Crippen molar-refractivity contribution in [2.75, 3.05) is 32.1 Å². The predicted octanol–water partition coefficient (Wildman–Crippen LogP) is 1.08. The van der Waals surface area contributed by atoms with Crippen LogP contribution in [0.25, 0.3) is 0 Å². The van der Waals surface area contributed by atoms with Crippen LogP contribution in [0.1, 0.15) is 13.1 Å². The van der Waals surface area contributed by atoms with Crippen LogP contribution in [0.5, 0.6) is 0 Å². The van der Waals surface area contributed by atoms with Gasteiger partial charge in [0.2, 0.25) is 0 Å². The fourth-order valence-electron chi connectivity index (χ4n) is 1.35. The van der Waals surface area contributed by atoms with Crippen LogP contribution in [0.3, 0.4) is 0 Å². The SMILES string of the molecule is C.C=CC(CO)=NC(=NC)c1ccc(NCCN)cn1. The molecule has 0 aliphatic rings. The van der Waals surface area contributed by atoms with E-state index < -0.39 is 0 Å². The van der Waals surface area contributed by atoms with Crippen molar-refractivity contribution in [3.8, 4) is 0 Å². The lowest BCUT2D eigenvalue weighted by molar-refractivity contribution is 0.358. The molecule has 20 heavy (non-hydrogen) atoms. The normalized spacial score (nSPS) is 11.8. The molecule has 110 valence electrons. The molecule has 0 amide bonds. The van der Waals surface area contributed by atoms with Crippen LogP contribution in [0.2, 0.25) is 0 Å². The second-order valence-electron chi connectivity index (χ2n) is 3.66. The maximum absolute atomic E-state index is 9.06. The summed E-state index contributed by atoms with van der Waals surface area (Å²) in [5.41, 5.74) is 7.38. The predicted molar refractivity (Wildman–Crippen MR) is 85.7 cm³/mol. The lowest BCUT2D eigenvalue weighted by Gasteiger charge is -2.05. The van der Waals surface area contributed by atoms with Gasteiger partial charge in [0, 0.05) is 20.1 Å². The van der Waals surface area contributed by atoms with Gasteiger partial charge in [-0.15, -0.1) is 0 Å². The van der Waals surface area contributed by atoms with E-state index in [1.165, 1.54) is 6.08 Å². The summed E-state index contributed by atoms with van der Waals surface area (Å²) in [6.07, 6.45) is 3.18. The molecule has 1 aromatic rings. The first kappa shape index (κ1) is 17.9. The minimum absolute atomic E-state index is 0. The Bertz CT molecular complexity index is 465. The first-order valence-corrected chi connectivity index (χ1v) is 5.93. The summed E-state index contributed by atoms with van der Waals surface area (Å²) in [7, 11) is 1.62. The smallest absolute Gasteiger partial charge is 0.173 e. The van der Waals surface area contributed by atoms with E-state index in [4.69, 9.17) is 10.8 Å². The summed E-state index contributed by atoms with van der Waals surface area (Å²) in [4.78, 5) is 12.5. The highest BCUT2D eigenvalue weighted by Crippen LogP contribution is 2.07. The average Bonchev–Trinajstić information content (AvgIpc) is 2.47. The number of nitrogens with zero attached hydrogens (tertiary/aromatic N) is 3. The molecule has 6 heteroatoms. The van der Waals surface area contributed by atoms with Crippen molar-refractivity contribution < 1.29 is 5.11 Å². The Labute approximate surface area is 120 Å². The van der Waals surface area contributed by atoms with Crippen LogP contribution in [0.15, 0.2) is 41.0 Å². The lowest BCUT2D eigenvalue weighted by atomic mass is 10.3. The molecule has 0 fully saturated rings. The largest absolute Gasteiger partial charge is 0.390 e. The van der Waals surface area contributed by atoms with Crippen molar-refractivity contribution in [2.24, 2.45) is 15.7 Å². The Morgan fingerprint density at radius 3 is 2.75 bits per heavy atom. The molecule has 0 unspecified atom stereocenters. The van der Waals surface area contributed by atoms with Gasteiger partial charge in [0.1, 0.15) is 5.69 Å². The number of aliphatic hydroxyl groups excluding tert-OH is 1. The Kier molecular flexibility index (Phi) is 8.82. The average molecular weight is 277 g/mol. The zero-order chi connectivity index (χ0) is 14.1. The highest BCUT2D eigenvalue weighted by atomic mass is 16.3. The van der Waals surface area contributed by atoms with E-state index in [0.717, 1.165) is 5.69 Å². The van der Waals surface area contributed by atoms with Gasteiger partial charge in [0.25, 0.3) is 0 Å². The number of pyridine rings is 1. The van der Waals surface area contributed by atoms with Crippen LogP contribution in [-0.4, -0.2) is 48.4 Å². The quantitative estimate of drug-likeness (QED) is 0.535. The molecule has 6 nitrogen and oxygen atoms in total. The molecule has 0 spiro atoms. The van der Waals surface area contributed by atoms with E-state index in [1.807, 2.05) is 12.1 Å². The zero-order valence-electron chi connectivity index (χ0n) is 11.0. The second-order valence-corrected chi connectivity index (χ2v) is 3.66. The number of nitrogens with one attached hydrogen (secondary N) is 1. The fraction of sp³-hybridized carbons (Fsp3) is 0.357.